The molecule has 0 aliphatic carbocycles. The molecule has 2 aromatic carbocycles. The smallest absolute Gasteiger partial charge is 0.290 e. The van der Waals surface area contributed by atoms with E-state index in [1.165, 1.54) is 16.3 Å². The summed E-state index contributed by atoms with van der Waals surface area (Å²) in [6.45, 7) is -0.292. The number of nitrogens with zero attached hydrogens (tertiary/aromatic N) is 3. The summed E-state index contributed by atoms with van der Waals surface area (Å²) in [6, 6.07) is 14.1. The van der Waals surface area contributed by atoms with Gasteiger partial charge < -0.3 is 0 Å². The zero-order valence-corrected chi connectivity index (χ0v) is 18.8. The van der Waals surface area contributed by atoms with Crippen molar-refractivity contribution < 1.29 is 13.2 Å². The lowest BCUT2D eigenvalue weighted by atomic mass is 10.0. The van der Waals surface area contributed by atoms with Crippen LogP contribution in [0.3, 0.4) is 0 Å². The van der Waals surface area contributed by atoms with Crippen molar-refractivity contribution in [1.82, 2.24) is 9.55 Å². The lowest BCUT2D eigenvalue weighted by Gasteiger charge is -2.28. The number of aliphatic imine (C=N–C) groups is 1. The Morgan fingerprint density at radius 3 is 2.56 bits per heavy atom. The van der Waals surface area contributed by atoms with E-state index in [1.54, 1.807) is 36.4 Å². The van der Waals surface area contributed by atoms with E-state index in [4.69, 9.17) is 23.2 Å². The fraction of sp³-hybridized carbons (Fsp3) is 0.227. The van der Waals surface area contributed by atoms with E-state index >= 15 is 0 Å². The average molecular weight is 498 g/mol. The SMILES string of the molecule is O=c1c2ccccc2nc(SCc2ccc(Cl)cc2)n1CC1(Cl)C=C(C(F)(F)F)C=NC1. The van der Waals surface area contributed by atoms with Gasteiger partial charge in [0.05, 0.1) is 29.6 Å². The van der Waals surface area contributed by atoms with Crippen molar-refractivity contribution in [1.29, 1.82) is 0 Å². The molecule has 0 amide bonds. The van der Waals surface area contributed by atoms with Crippen LogP contribution >= 0.6 is 35.0 Å². The maximum atomic E-state index is 13.3. The van der Waals surface area contributed by atoms with Crippen LogP contribution in [0.15, 0.2) is 75.1 Å². The van der Waals surface area contributed by atoms with Gasteiger partial charge in [0.2, 0.25) is 0 Å². The highest BCUT2D eigenvalue weighted by molar-refractivity contribution is 7.98. The third-order valence-corrected chi connectivity index (χ3v) is 6.50. The summed E-state index contributed by atoms with van der Waals surface area (Å²) in [5, 5.41) is 1.33. The van der Waals surface area contributed by atoms with E-state index in [1.807, 2.05) is 12.1 Å². The maximum Gasteiger partial charge on any atom is 0.417 e. The molecule has 32 heavy (non-hydrogen) atoms. The highest BCUT2D eigenvalue weighted by Gasteiger charge is 2.39. The molecular weight excluding hydrogens is 482 g/mol. The monoisotopic (exact) mass is 497 g/mol. The Hall–Kier alpha value is -2.29. The minimum absolute atomic E-state index is 0.0886. The lowest BCUT2D eigenvalue weighted by molar-refractivity contribution is -0.0862. The zero-order valence-electron chi connectivity index (χ0n) is 16.4. The summed E-state index contributed by atoms with van der Waals surface area (Å²) in [5.74, 6) is 0.485. The number of rotatable bonds is 5. The van der Waals surface area contributed by atoms with Crippen LogP contribution in [-0.4, -0.2) is 33.4 Å². The molecule has 0 N–H and O–H groups in total. The van der Waals surface area contributed by atoms with Crippen LogP contribution in [0, 0.1) is 0 Å². The van der Waals surface area contributed by atoms with Crippen LogP contribution in [0.1, 0.15) is 5.56 Å². The molecule has 1 atom stereocenters. The second-order valence-electron chi connectivity index (χ2n) is 7.32. The second-order valence-corrected chi connectivity index (χ2v) is 9.45. The number of thioether (sulfide) groups is 1. The minimum Gasteiger partial charge on any atom is -0.290 e. The molecule has 1 unspecified atom stereocenters. The highest BCUT2D eigenvalue weighted by atomic mass is 35.5. The van der Waals surface area contributed by atoms with E-state index < -0.39 is 16.6 Å². The van der Waals surface area contributed by atoms with Crippen LogP contribution in [-0.2, 0) is 12.3 Å². The summed E-state index contributed by atoms with van der Waals surface area (Å²) in [6.07, 6.45) is -2.89. The number of benzene rings is 2. The summed E-state index contributed by atoms with van der Waals surface area (Å²) in [4.78, 5) is 20.1. The van der Waals surface area contributed by atoms with Gasteiger partial charge in [-0.2, -0.15) is 13.2 Å². The Morgan fingerprint density at radius 2 is 1.84 bits per heavy atom. The van der Waals surface area contributed by atoms with Crippen molar-refractivity contribution in [2.24, 2.45) is 4.99 Å². The molecule has 3 aromatic rings. The third-order valence-electron chi connectivity index (χ3n) is 4.85. The molecule has 0 fully saturated rings. The summed E-state index contributed by atoms with van der Waals surface area (Å²) in [5.41, 5.74) is 0.154. The fourth-order valence-corrected chi connectivity index (χ4v) is 4.68. The number of aromatic nitrogens is 2. The predicted molar refractivity (Wildman–Crippen MR) is 123 cm³/mol. The Kier molecular flexibility index (Phi) is 6.38. The van der Waals surface area contributed by atoms with E-state index in [0.29, 0.717) is 26.8 Å². The number of dihydropyridines is 1. The van der Waals surface area contributed by atoms with Crippen LogP contribution in [0.4, 0.5) is 13.2 Å². The van der Waals surface area contributed by atoms with Crippen LogP contribution in [0.2, 0.25) is 5.02 Å². The first-order valence-electron chi connectivity index (χ1n) is 9.50. The Bertz CT molecular complexity index is 1270. The van der Waals surface area contributed by atoms with E-state index in [0.717, 1.165) is 17.9 Å². The molecule has 4 nitrogen and oxygen atoms in total. The molecule has 0 saturated carbocycles. The van der Waals surface area contributed by atoms with Gasteiger partial charge in [-0.1, -0.05) is 47.6 Å². The van der Waals surface area contributed by atoms with Crippen molar-refractivity contribution in [2.45, 2.75) is 28.5 Å². The number of allylic oxidation sites excluding steroid dienone is 1. The van der Waals surface area contributed by atoms with Gasteiger partial charge in [0.15, 0.2) is 5.16 Å². The molecule has 0 saturated heterocycles. The maximum absolute atomic E-state index is 13.3. The summed E-state index contributed by atoms with van der Waals surface area (Å²) in [7, 11) is 0. The minimum atomic E-state index is -4.58. The molecule has 0 radical (unpaired) electrons. The summed E-state index contributed by atoms with van der Waals surface area (Å²) < 4.78 is 41.0. The van der Waals surface area contributed by atoms with Crippen molar-refractivity contribution >= 4 is 52.1 Å². The van der Waals surface area contributed by atoms with Crippen molar-refractivity contribution in [3.05, 3.63) is 81.1 Å². The van der Waals surface area contributed by atoms with E-state index in [9.17, 15) is 18.0 Å². The van der Waals surface area contributed by atoms with Gasteiger partial charge in [0, 0.05) is 17.0 Å². The Labute approximate surface area is 195 Å². The Balaban J connectivity index is 1.73. The first-order chi connectivity index (χ1) is 15.1. The van der Waals surface area contributed by atoms with Gasteiger partial charge in [-0.15, -0.1) is 11.6 Å². The van der Waals surface area contributed by atoms with Gasteiger partial charge in [-0.25, -0.2) is 4.98 Å². The zero-order chi connectivity index (χ0) is 22.9. The number of fused-ring (bicyclic) bond motifs is 1. The number of alkyl halides is 4. The predicted octanol–water partition coefficient (Wildman–Crippen LogP) is 5.89. The fourth-order valence-electron chi connectivity index (χ4n) is 3.30. The van der Waals surface area contributed by atoms with Crippen molar-refractivity contribution in [3.8, 4) is 0 Å². The molecule has 1 aliphatic heterocycles. The molecule has 1 aromatic heterocycles. The van der Waals surface area contributed by atoms with Crippen molar-refractivity contribution in [3.63, 3.8) is 0 Å². The molecule has 0 spiro atoms. The number of hydrogen-bond acceptors (Lipinski definition) is 4. The van der Waals surface area contributed by atoms with Crippen LogP contribution < -0.4 is 5.56 Å². The standard InChI is InChI=1S/C22H16Cl2F3N3OS/c23-16-7-5-14(6-8-16)11-32-20-29-18-4-2-1-3-17(18)19(31)30(20)13-21(24)9-15(10-28-12-21)22(25,26)27/h1-10H,11-13H2. The molecule has 2 heterocycles. The normalized spacial score (nSPS) is 18.7. The van der Waals surface area contributed by atoms with E-state index in [2.05, 4.69) is 9.98 Å². The van der Waals surface area contributed by atoms with Crippen molar-refractivity contribution in [2.75, 3.05) is 6.54 Å². The van der Waals surface area contributed by atoms with Gasteiger partial charge in [-0.3, -0.25) is 14.4 Å². The van der Waals surface area contributed by atoms with Crippen LogP contribution in [0.25, 0.3) is 10.9 Å². The van der Waals surface area contributed by atoms with Gasteiger partial charge >= 0.3 is 6.18 Å². The molecular formula is C22H16Cl2F3N3OS. The number of hydrogen-bond donors (Lipinski definition) is 0. The molecule has 166 valence electrons. The third kappa shape index (κ3) is 5.03. The first-order valence-corrected chi connectivity index (χ1v) is 11.2. The highest BCUT2D eigenvalue weighted by Crippen LogP contribution is 2.33. The average Bonchev–Trinajstić information content (AvgIpc) is 2.75. The first kappa shape index (κ1) is 22.9. The molecule has 4 rings (SSSR count). The summed E-state index contributed by atoms with van der Waals surface area (Å²) >= 11 is 13.8. The number of para-hydroxylation sites is 1. The topological polar surface area (TPSA) is 47.2 Å². The van der Waals surface area contributed by atoms with Gasteiger partial charge in [0.1, 0.15) is 4.87 Å². The quantitative estimate of drug-likeness (QED) is 0.250. The molecule has 10 heteroatoms. The number of halogens is 5. The van der Waals surface area contributed by atoms with Gasteiger partial charge in [-0.05, 0) is 35.9 Å². The second kappa shape index (κ2) is 8.92. The van der Waals surface area contributed by atoms with Crippen LogP contribution in [0.5, 0.6) is 0 Å². The van der Waals surface area contributed by atoms with Gasteiger partial charge in [0.25, 0.3) is 5.56 Å². The molecule has 1 aliphatic rings. The Morgan fingerprint density at radius 1 is 1.12 bits per heavy atom. The van der Waals surface area contributed by atoms with E-state index in [-0.39, 0.29) is 18.6 Å². The molecule has 0 bridgehead atoms. The lowest BCUT2D eigenvalue weighted by Crippen LogP contribution is -2.38. The largest absolute Gasteiger partial charge is 0.417 e.